The molecule has 2 aromatic rings. The first-order valence-electron chi connectivity index (χ1n) is 13.0. The van der Waals surface area contributed by atoms with Gasteiger partial charge in [-0.05, 0) is 86.7 Å². The first-order valence-corrected chi connectivity index (χ1v) is 13.0. The number of likely N-dealkylation sites (tertiary alicyclic amines) is 1. The van der Waals surface area contributed by atoms with Gasteiger partial charge in [-0.3, -0.25) is 4.90 Å². The molecule has 0 N–H and O–H groups in total. The van der Waals surface area contributed by atoms with Gasteiger partial charge in [0.2, 0.25) is 0 Å². The smallest absolute Gasteiger partial charge is 0.340 e. The second kappa shape index (κ2) is 10.7. The summed E-state index contributed by atoms with van der Waals surface area (Å²) in [6.07, 6.45) is 5.48. The predicted molar refractivity (Wildman–Crippen MR) is 132 cm³/mol. The Balaban J connectivity index is 1.15. The van der Waals surface area contributed by atoms with E-state index in [1.54, 1.807) is 12.1 Å². The van der Waals surface area contributed by atoms with Crippen molar-refractivity contribution in [1.29, 1.82) is 0 Å². The minimum Gasteiger partial charge on any atom is -0.465 e. The summed E-state index contributed by atoms with van der Waals surface area (Å²) in [5.41, 5.74) is 1.15. The van der Waals surface area contributed by atoms with E-state index in [0.717, 1.165) is 56.3 Å². The molecule has 7 heteroatoms. The lowest BCUT2D eigenvalue weighted by Gasteiger charge is -2.44. The highest BCUT2D eigenvalue weighted by atomic mass is 19.1. The number of hydrogen-bond donors (Lipinski definition) is 0. The van der Waals surface area contributed by atoms with Gasteiger partial charge in [0.1, 0.15) is 12.4 Å². The third kappa shape index (κ3) is 5.18. The van der Waals surface area contributed by atoms with Crippen molar-refractivity contribution < 1.29 is 28.2 Å². The number of rotatable bonds is 7. The van der Waals surface area contributed by atoms with Gasteiger partial charge < -0.3 is 14.2 Å². The minimum absolute atomic E-state index is 0.00586. The second-order valence-corrected chi connectivity index (χ2v) is 10.3. The Morgan fingerprint density at radius 3 is 2.44 bits per heavy atom. The molecule has 1 saturated carbocycles. The van der Waals surface area contributed by atoms with Crippen LogP contribution in [0.25, 0.3) is 0 Å². The van der Waals surface area contributed by atoms with Crippen LogP contribution in [0, 0.1) is 11.7 Å². The number of piperidine rings is 1. The molecule has 3 fully saturated rings. The maximum Gasteiger partial charge on any atom is 0.340 e. The van der Waals surface area contributed by atoms with E-state index in [0.29, 0.717) is 13.0 Å². The van der Waals surface area contributed by atoms with Crippen molar-refractivity contribution in [2.24, 2.45) is 5.92 Å². The molecular weight excluding hydrogens is 461 g/mol. The molecule has 5 rings (SSSR count). The van der Waals surface area contributed by atoms with Gasteiger partial charge in [-0.1, -0.05) is 36.4 Å². The van der Waals surface area contributed by atoms with E-state index < -0.39 is 17.4 Å². The molecule has 2 aromatic carbocycles. The number of carbonyl (C=O) groups is 2. The van der Waals surface area contributed by atoms with E-state index in [2.05, 4.69) is 4.90 Å². The van der Waals surface area contributed by atoms with Gasteiger partial charge in [-0.25, -0.2) is 14.0 Å². The van der Waals surface area contributed by atoms with Gasteiger partial charge in [0, 0.05) is 6.04 Å². The van der Waals surface area contributed by atoms with Crippen LogP contribution in [0.2, 0.25) is 0 Å². The Bertz CT molecular complexity index is 1070. The molecule has 36 heavy (non-hydrogen) atoms. The Hall–Kier alpha value is -2.77. The van der Waals surface area contributed by atoms with E-state index in [4.69, 9.17) is 14.2 Å². The first kappa shape index (κ1) is 24.9. The summed E-state index contributed by atoms with van der Waals surface area (Å²) in [4.78, 5) is 27.5. The Labute approximate surface area is 211 Å². The number of halogens is 1. The fourth-order valence-corrected chi connectivity index (χ4v) is 5.78. The van der Waals surface area contributed by atoms with Crippen LogP contribution in [-0.4, -0.2) is 55.3 Å². The largest absolute Gasteiger partial charge is 0.465 e. The summed E-state index contributed by atoms with van der Waals surface area (Å²) in [5, 5.41) is 0. The normalized spacial score (nSPS) is 25.3. The summed E-state index contributed by atoms with van der Waals surface area (Å²) >= 11 is 0. The van der Waals surface area contributed by atoms with Crippen LogP contribution in [-0.2, 0) is 25.6 Å². The number of ether oxygens (including phenoxy) is 3. The molecule has 2 saturated heterocycles. The molecule has 192 valence electrons. The van der Waals surface area contributed by atoms with Crippen LogP contribution >= 0.6 is 0 Å². The van der Waals surface area contributed by atoms with Crippen molar-refractivity contribution in [3.63, 3.8) is 0 Å². The van der Waals surface area contributed by atoms with Crippen LogP contribution in [0.1, 0.15) is 65.9 Å². The van der Waals surface area contributed by atoms with Crippen LogP contribution < -0.4 is 0 Å². The molecule has 1 aliphatic carbocycles. The zero-order chi connectivity index (χ0) is 25.1. The number of carbonyl (C=O) groups excluding carboxylic acids is 2. The van der Waals surface area contributed by atoms with Crippen LogP contribution in [0.3, 0.4) is 0 Å². The highest BCUT2D eigenvalue weighted by Gasteiger charge is 2.55. The van der Waals surface area contributed by atoms with Crippen LogP contribution in [0.5, 0.6) is 0 Å². The standard InChI is InChI=1S/C29H34FNO5/c1-34-27(32)25-17-22(7-10-26(25)30)21-12-15-31(16-13-21)24-11-14-29(36-19-24,23-8-9-23)28(33)35-18-20-5-3-2-4-6-20/h2-7,10,17,21,23-24H,8-9,11-16,18-19H2,1H3/t24-,29+/m1/s1. The molecule has 3 aliphatic rings. The maximum absolute atomic E-state index is 14.0. The number of hydrogen-bond acceptors (Lipinski definition) is 6. The van der Waals surface area contributed by atoms with E-state index in [1.165, 1.54) is 13.2 Å². The highest BCUT2D eigenvalue weighted by molar-refractivity contribution is 5.89. The Morgan fingerprint density at radius 1 is 1.06 bits per heavy atom. The van der Waals surface area contributed by atoms with Crippen LogP contribution in [0.4, 0.5) is 4.39 Å². The average Bonchev–Trinajstić information content (AvgIpc) is 3.78. The quantitative estimate of drug-likeness (QED) is 0.511. The van der Waals surface area contributed by atoms with Gasteiger partial charge in [-0.2, -0.15) is 0 Å². The number of nitrogens with zero attached hydrogens (tertiary/aromatic N) is 1. The summed E-state index contributed by atoms with van der Waals surface area (Å²) in [5.74, 6) is -0.886. The highest BCUT2D eigenvalue weighted by Crippen LogP contribution is 2.48. The molecule has 0 amide bonds. The lowest BCUT2D eigenvalue weighted by atomic mass is 9.84. The topological polar surface area (TPSA) is 65.1 Å². The molecule has 0 radical (unpaired) electrons. The van der Waals surface area contributed by atoms with Gasteiger partial charge in [0.25, 0.3) is 0 Å². The molecule has 0 spiro atoms. The first-order chi connectivity index (χ1) is 17.5. The molecule has 0 aromatic heterocycles. The fraction of sp³-hybridized carbons (Fsp3) is 0.517. The van der Waals surface area contributed by atoms with E-state index in [-0.39, 0.29) is 36.0 Å². The molecule has 0 bridgehead atoms. The van der Waals surface area contributed by atoms with E-state index in [1.807, 2.05) is 30.3 Å². The molecule has 2 heterocycles. The van der Waals surface area contributed by atoms with E-state index >= 15 is 0 Å². The third-order valence-electron chi connectivity index (χ3n) is 8.09. The lowest BCUT2D eigenvalue weighted by Crippen LogP contribution is -2.54. The molecule has 2 aliphatic heterocycles. The summed E-state index contributed by atoms with van der Waals surface area (Å²) in [6.45, 7) is 2.61. The number of methoxy groups -OCH3 is 1. The zero-order valence-corrected chi connectivity index (χ0v) is 20.8. The third-order valence-corrected chi connectivity index (χ3v) is 8.09. The van der Waals surface area contributed by atoms with Gasteiger partial charge in [0.05, 0.1) is 19.3 Å². The maximum atomic E-state index is 14.0. The molecular formula is C29H34FNO5. The molecule has 6 nitrogen and oxygen atoms in total. The lowest BCUT2D eigenvalue weighted by molar-refractivity contribution is -0.190. The van der Waals surface area contributed by atoms with Gasteiger partial charge in [-0.15, -0.1) is 0 Å². The van der Waals surface area contributed by atoms with Crippen molar-refractivity contribution in [3.05, 3.63) is 71.0 Å². The van der Waals surface area contributed by atoms with E-state index in [9.17, 15) is 14.0 Å². The van der Waals surface area contributed by atoms with Crippen molar-refractivity contribution in [2.45, 2.75) is 62.7 Å². The summed E-state index contributed by atoms with van der Waals surface area (Å²) < 4.78 is 30.9. The number of esters is 2. The summed E-state index contributed by atoms with van der Waals surface area (Å²) in [6, 6.07) is 14.8. The minimum atomic E-state index is -0.804. The van der Waals surface area contributed by atoms with Gasteiger partial charge in [0.15, 0.2) is 5.60 Å². The number of benzene rings is 2. The summed E-state index contributed by atoms with van der Waals surface area (Å²) in [7, 11) is 1.26. The second-order valence-electron chi connectivity index (χ2n) is 10.3. The van der Waals surface area contributed by atoms with Gasteiger partial charge >= 0.3 is 11.9 Å². The van der Waals surface area contributed by atoms with Crippen molar-refractivity contribution in [1.82, 2.24) is 4.90 Å². The van der Waals surface area contributed by atoms with Crippen molar-refractivity contribution in [2.75, 3.05) is 26.8 Å². The van der Waals surface area contributed by atoms with Crippen LogP contribution in [0.15, 0.2) is 48.5 Å². The SMILES string of the molecule is COC(=O)c1cc(C2CCN([C@@H]3CC[C@@](C(=O)OCc4ccccc4)(C4CC4)OC3)CC2)ccc1F. The fourth-order valence-electron chi connectivity index (χ4n) is 5.78. The Kier molecular flexibility index (Phi) is 7.39. The monoisotopic (exact) mass is 495 g/mol. The molecule has 0 unspecified atom stereocenters. The average molecular weight is 496 g/mol. The molecule has 2 atom stereocenters. The zero-order valence-electron chi connectivity index (χ0n) is 20.8. The van der Waals surface area contributed by atoms with Crippen molar-refractivity contribution >= 4 is 11.9 Å². The predicted octanol–water partition coefficient (Wildman–Crippen LogP) is 4.86. The Morgan fingerprint density at radius 2 is 1.81 bits per heavy atom. The van der Waals surface area contributed by atoms with Crippen molar-refractivity contribution in [3.8, 4) is 0 Å².